The van der Waals surface area contributed by atoms with Crippen LogP contribution in [0.3, 0.4) is 0 Å². The van der Waals surface area contributed by atoms with Gasteiger partial charge in [0.1, 0.15) is 5.75 Å². The smallest absolute Gasteiger partial charge is 0.300 e. The lowest BCUT2D eigenvalue weighted by Crippen LogP contribution is -2.20. The number of aromatic nitrogens is 3. The number of nitrogens with zero attached hydrogens (tertiary/aromatic N) is 4. The first-order valence-electron chi connectivity index (χ1n) is 8.92. The van der Waals surface area contributed by atoms with Gasteiger partial charge in [0.05, 0.1) is 23.9 Å². The van der Waals surface area contributed by atoms with Crippen molar-refractivity contribution in [2.24, 2.45) is 4.99 Å². The Labute approximate surface area is 161 Å². The Morgan fingerprint density at radius 2 is 2.15 bits per heavy atom. The van der Waals surface area contributed by atoms with Crippen LogP contribution in [0.2, 0.25) is 0 Å². The monoisotopic (exact) mass is 388 g/mol. The van der Waals surface area contributed by atoms with E-state index in [1.807, 2.05) is 43.5 Å². The first-order chi connectivity index (χ1) is 13.0. The van der Waals surface area contributed by atoms with Crippen molar-refractivity contribution >= 4 is 27.5 Å². The van der Waals surface area contributed by atoms with Crippen LogP contribution >= 0.6 is 11.3 Å². The van der Waals surface area contributed by atoms with Crippen LogP contribution in [0.15, 0.2) is 35.5 Å². The van der Waals surface area contributed by atoms with Crippen LogP contribution in [0, 0.1) is 0 Å². The lowest BCUT2D eigenvalue weighted by molar-refractivity contribution is 0.0991. The Hall–Kier alpha value is -2.45. The van der Waals surface area contributed by atoms with E-state index in [9.17, 15) is 4.79 Å². The van der Waals surface area contributed by atoms with Crippen LogP contribution < -0.4 is 9.54 Å². The van der Waals surface area contributed by atoms with E-state index in [4.69, 9.17) is 9.47 Å². The Kier molecular flexibility index (Phi) is 6.08. The van der Waals surface area contributed by atoms with Gasteiger partial charge in [-0.1, -0.05) is 11.3 Å². The van der Waals surface area contributed by atoms with Crippen LogP contribution in [-0.4, -0.2) is 40.6 Å². The van der Waals surface area contributed by atoms with E-state index in [0.717, 1.165) is 16.0 Å². The molecule has 1 amide bonds. The largest absolute Gasteiger partial charge is 0.497 e. The van der Waals surface area contributed by atoms with Gasteiger partial charge in [-0.25, -0.2) is 0 Å². The summed E-state index contributed by atoms with van der Waals surface area (Å²) in [5.41, 5.74) is 1.34. The number of amides is 1. The zero-order chi connectivity index (χ0) is 19.4. The van der Waals surface area contributed by atoms with Gasteiger partial charge < -0.3 is 14.0 Å². The second-order valence-corrected chi connectivity index (χ2v) is 7.27. The zero-order valence-electron chi connectivity index (χ0n) is 16.0. The molecule has 0 N–H and O–H groups in total. The van der Waals surface area contributed by atoms with Crippen molar-refractivity contribution in [1.82, 2.24) is 14.3 Å². The molecule has 0 spiro atoms. The van der Waals surface area contributed by atoms with Crippen molar-refractivity contribution in [3.63, 3.8) is 0 Å². The van der Waals surface area contributed by atoms with E-state index in [2.05, 4.69) is 10.1 Å². The van der Waals surface area contributed by atoms with E-state index >= 15 is 0 Å². The lowest BCUT2D eigenvalue weighted by Gasteiger charge is -2.06. The molecule has 8 heteroatoms. The van der Waals surface area contributed by atoms with E-state index in [1.165, 1.54) is 11.3 Å². The molecule has 27 heavy (non-hydrogen) atoms. The molecule has 0 unspecified atom stereocenters. The molecule has 0 saturated heterocycles. The van der Waals surface area contributed by atoms with Gasteiger partial charge in [-0.15, -0.1) is 0 Å². The summed E-state index contributed by atoms with van der Waals surface area (Å²) < 4.78 is 15.6. The van der Waals surface area contributed by atoms with E-state index in [0.29, 0.717) is 30.3 Å². The third-order valence-corrected chi connectivity index (χ3v) is 5.15. The van der Waals surface area contributed by atoms with Crippen LogP contribution in [0.1, 0.15) is 37.3 Å². The van der Waals surface area contributed by atoms with Crippen molar-refractivity contribution in [3.8, 4) is 5.75 Å². The number of hydrogen-bond acceptors (Lipinski definition) is 5. The fourth-order valence-electron chi connectivity index (χ4n) is 2.67. The molecule has 0 atom stereocenters. The number of carbonyl (C=O) groups is 1. The Morgan fingerprint density at radius 1 is 1.33 bits per heavy atom. The summed E-state index contributed by atoms with van der Waals surface area (Å²) in [6, 6.07) is 7.73. The Balaban J connectivity index is 2.02. The summed E-state index contributed by atoms with van der Waals surface area (Å²) >= 11 is 1.45. The molecule has 0 fully saturated rings. The van der Waals surface area contributed by atoms with Gasteiger partial charge in [0.15, 0.2) is 10.5 Å². The molecule has 0 radical (unpaired) electrons. The summed E-state index contributed by atoms with van der Waals surface area (Å²) in [5, 5.41) is 4.32. The lowest BCUT2D eigenvalue weighted by atomic mass is 10.3. The number of hydrogen-bond donors (Lipinski definition) is 0. The van der Waals surface area contributed by atoms with Crippen molar-refractivity contribution in [1.29, 1.82) is 0 Å². The molecule has 0 bridgehead atoms. The predicted molar refractivity (Wildman–Crippen MR) is 105 cm³/mol. The van der Waals surface area contributed by atoms with Crippen LogP contribution in [0.25, 0.3) is 10.2 Å². The van der Waals surface area contributed by atoms with Crippen molar-refractivity contribution < 1.29 is 14.3 Å². The normalized spacial score (nSPS) is 12.3. The molecular weight excluding hydrogens is 364 g/mol. The fourth-order valence-corrected chi connectivity index (χ4v) is 3.75. The van der Waals surface area contributed by atoms with E-state index in [1.54, 1.807) is 24.1 Å². The summed E-state index contributed by atoms with van der Waals surface area (Å²) in [6.45, 7) is 7.80. The molecule has 2 heterocycles. The van der Waals surface area contributed by atoms with Crippen molar-refractivity contribution in [2.75, 3.05) is 20.3 Å². The Bertz CT molecular complexity index is 1000. The van der Waals surface area contributed by atoms with E-state index in [-0.39, 0.29) is 11.9 Å². The van der Waals surface area contributed by atoms with Crippen LogP contribution in [0.5, 0.6) is 5.75 Å². The van der Waals surface area contributed by atoms with Gasteiger partial charge in [0.25, 0.3) is 5.91 Å². The molecule has 0 aliphatic heterocycles. The first-order valence-corrected chi connectivity index (χ1v) is 9.74. The highest BCUT2D eigenvalue weighted by Crippen LogP contribution is 2.23. The predicted octanol–water partition coefficient (Wildman–Crippen LogP) is 3.27. The average Bonchev–Trinajstić information content (AvgIpc) is 3.27. The minimum Gasteiger partial charge on any atom is -0.497 e. The molecule has 0 aliphatic carbocycles. The highest BCUT2D eigenvalue weighted by molar-refractivity contribution is 7.16. The highest BCUT2D eigenvalue weighted by atomic mass is 32.1. The van der Waals surface area contributed by atoms with E-state index < -0.39 is 0 Å². The Morgan fingerprint density at radius 3 is 2.81 bits per heavy atom. The number of benzene rings is 1. The van der Waals surface area contributed by atoms with Gasteiger partial charge in [-0.3, -0.25) is 9.48 Å². The third kappa shape index (κ3) is 4.28. The second kappa shape index (κ2) is 8.49. The molecule has 2 aromatic heterocycles. The minimum absolute atomic E-state index is 0.194. The summed E-state index contributed by atoms with van der Waals surface area (Å²) in [6.07, 6.45) is 1.80. The standard InChI is InChI=1S/C19H24N4O3S/c1-5-26-11-10-22-16-7-6-14(25-4)12-17(16)27-19(22)20-18(24)15-8-9-23(21-15)13(2)3/h6-9,12-13H,5,10-11H2,1-4H3. The number of ether oxygens (including phenoxy) is 2. The average molecular weight is 388 g/mol. The molecule has 1 aromatic carbocycles. The van der Waals surface area contributed by atoms with Gasteiger partial charge in [0, 0.05) is 25.4 Å². The molecule has 144 valence electrons. The first kappa shape index (κ1) is 19.3. The van der Waals surface area contributed by atoms with Crippen molar-refractivity contribution in [3.05, 3.63) is 41.0 Å². The highest BCUT2D eigenvalue weighted by Gasteiger charge is 2.13. The third-order valence-electron chi connectivity index (χ3n) is 4.11. The molecule has 3 aromatic rings. The molecule has 0 saturated carbocycles. The SMILES string of the molecule is CCOCCn1c(=NC(=O)c2ccn(C(C)C)n2)sc2cc(OC)ccc21. The van der Waals surface area contributed by atoms with Gasteiger partial charge >= 0.3 is 0 Å². The number of rotatable bonds is 7. The topological polar surface area (TPSA) is 70.6 Å². The minimum atomic E-state index is -0.349. The molecule has 7 nitrogen and oxygen atoms in total. The van der Waals surface area contributed by atoms with Gasteiger partial charge in [-0.2, -0.15) is 10.1 Å². The van der Waals surface area contributed by atoms with Crippen LogP contribution in [-0.2, 0) is 11.3 Å². The number of methoxy groups -OCH3 is 1. The quantitative estimate of drug-likeness (QED) is 0.583. The molecule has 0 aliphatic rings. The van der Waals surface area contributed by atoms with Crippen LogP contribution in [0.4, 0.5) is 0 Å². The summed E-state index contributed by atoms with van der Waals surface area (Å²) in [4.78, 5) is 17.6. The second-order valence-electron chi connectivity index (χ2n) is 6.26. The van der Waals surface area contributed by atoms with Gasteiger partial charge in [-0.05, 0) is 45.0 Å². The number of fused-ring (bicyclic) bond motifs is 1. The number of thiazole rings is 1. The zero-order valence-corrected chi connectivity index (χ0v) is 16.8. The molecule has 3 rings (SSSR count). The van der Waals surface area contributed by atoms with Crippen molar-refractivity contribution in [2.45, 2.75) is 33.4 Å². The maximum atomic E-state index is 12.6. The summed E-state index contributed by atoms with van der Waals surface area (Å²) in [5.74, 6) is 0.423. The maximum absolute atomic E-state index is 12.6. The fraction of sp³-hybridized carbons (Fsp3) is 0.421. The van der Waals surface area contributed by atoms with Gasteiger partial charge in [0.2, 0.25) is 0 Å². The summed E-state index contributed by atoms with van der Waals surface area (Å²) in [7, 11) is 1.64. The number of carbonyl (C=O) groups excluding carboxylic acids is 1. The maximum Gasteiger partial charge on any atom is 0.300 e. The molecular formula is C19H24N4O3S.